The topological polar surface area (TPSA) is 26.0 Å². The molecule has 0 aliphatic heterocycles. The predicted octanol–water partition coefficient (Wildman–Crippen LogP) is 3.92. The third kappa shape index (κ3) is 15.1. The molecule has 1 aromatic rings. The van der Waals surface area contributed by atoms with Crippen LogP contribution < -0.4 is 4.57 Å². The molecule has 0 saturated heterocycles. The van der Waals surface area contributed by atoms with Gasteiger partial charge in [-0.25, -0.2) is 4.57 Å². The molecule has 17 heavy (non-hydrogen) atoms. The first-order valence-electron chi connectivity index (χ1n) is 4.19. The maximum atomic E-state index is 9.87. The van der Waals surface area contributed by atoms with Crippen LogP contribution in [0.4, 0.5) is 25.2 Å². The van der Waals surface area contributed by atoms with Gasteiger partial charge in [-0.3, -0.25) is 0 Å². The van der Waals surface area contributed by atoms with E-state index in [1.54, 1.807) is 19.6 Å². The average molecular weight is 284 g/mol. The molecule has 0 amide bonds. The van der Waals surface area contributed by atoms with Crippen LogP contribution >= 0.6 is 7.81 Å². The zero-order valence-electron chi connectivity index (χ0n) is 8.90. The molecular formula is C7H11F6N2OP. The molecular weight excluding hydrogens is 273 g/mol. The fraction of sp³-hybridized carbons (Fsp3) is 0.429. The number of nitrogens with zero attached hydrogens (tertiary/aromatic N) is 2. The van der Waals surface area contributed by atoms with E-state index < -0.39 is 7.81 Å². The van der Waals surface area contributed by atoms with Gasteiger partial charge < -0.3 is 4.74 Å². The van der Waals surface area contributed by atoms with Gasteiger partial charge in [0, 0.05) is 20.1 Å². The summed E-state index contributed by atoms with van der Waals surface area (Å²) in [6, 6.07) is 1.87. The van der Waals surface area contributed by atoms with Gasteiger partial charge in [-0.1, -0.05) is 4.98 Å². The quantitative estimate of drug-likeness (QED) is 0.467. The van der Waals surface area contributed by atoms with Gasteiger partial charge in [0.05, 0.1) is 6.20 Å². The van der Waals surface area contributed by atoms with Gasteiger partial charge in [0.2, 0.25) is 0 Å². The van der Waals surface area contributed by atoms with Crippen LogP contribution in [0.2, 0.25) is 0 Å². The summed E-state index contributed by atoms with van der Waals surface area (Å²) < 4.78 is 66.1. The van der Waals surface area contributed by atoms with Crippen molar-refractivity contribution >= 4 is 7.81 Å². The minimum absolute atomic E-state index is 0.0636. The first-order chi connectivity index (χ1) is 7.29. The maximum absolute atomic E-state index is 10.7. The molecule has 1 unspecified atom stereocenters. The molecule has 0 fully saturated rings. The van der Waals surface area contributed by atoms with E-state index in [1.807, 2.05) is 23.8 Å². The van der Waals surface area contributed by atoms with Gasteiger partial charge in [-0.15, -0.1) is 0 Å². The summed E-state index contributed by atoms with van der Waals surface area (Å²) in [6.07, 6.45) is 5.45. The number of methoxy groups -OCH3 is 1. The number of hydrogen-bond donors (Lipinski definition) is 0. The zero-order valence-corrected chi connectivity index (χ0v) is 9.80. The van der Waals surface area contributed by atoms with Gasteiger partial charge in [0.15, 0.2) is 6.23 Å². The molecule has 1 rings (SSSR count). The number of rotatable bonds is 2. The van der Waals surface area contributed by atoms with E-state index in [9.17, 15) is 25.2 Å². The average Bonchev–Trinajstić information content (AvgIpc) is 2.13. The van der Waals surface area contributed by atoms with Crippen LogP contribution in [0.1, 0.15) is 13.2 Å². The second kappa shape index (κ2) is 4.38. The van der Waals surface area contributed by atoms with Crippen molar-refractivity contribution in [3.63, 3.8) is 0 Å². The Labute approximate surface area is 93.3 Å². The van der Waals surface area contributed by atoms with E-state index in [0.29, 0.717) is 0 Å². The Hall–Kier alpha value is -0.950. The number of hydrogen-bond acceptors (Lipinski definition) is 2. The first-order valence-corrected chi connectivity index (χ1v) is 6.22. The summed E-state index contributed by atoms with van der Waals surface area (Å²) >= 11 is 0. The molecule has 0 aromatic carbocycles. The van der Waals surface area contributed by atoms with Gasteiger partial charge in [-0.2, -0.15) is 0 Å². The minimum atomic E-state index is -10.7. The Kier molecular flexibility index (Phi) is 4.13. The molecule has 0 bridgehead atoms. The molecule has 10 heteroatoms. The molecule has 0 aliphatic carbocycles. The number of aromatic nitrogens is 2. The van der Waals surface area contributed by atoms with Crippen molar-refractivity contribution in [1.29, 1.82) is 0 Å². The van der Waals surface area contributed by atoms with Gasteiger partial charge in [0.1, 0.15) is 6.20 Å². The third-order valence-electron chi connectivity index (χ3n) is 1.39. The van der Waals surface area contributed by atoms with Crippen molar-refractivity contribution in [3.8, 4) is 0 Å². The van der Waals surface area contributed by atoms with Crippen LogP contribution in [0.15, 0.2) is 24.8 Å². The van der Waals surface area contributed by atoms with E-state index in [1.165, 1.54) is 0 Å². The third-order valence-corrected chi connectivity index (χ3v) is 1.39. The Morgan fingerprint density at radius 3 is 1.94 bits per heavy atom. The Balaban J connectivity index is 0.000000325. The molecule has 1 heterocycles. The molecule has 1 atom stereocenters. The summed E-state index contributed by atoms with van der Waals surface area (Å²) in [5.41, 5.74) is 0. The molecule has 1 aromatic heterocycles. The van der Waals surface area contributed by atoms with Gasteiger partial charge in [-0.05, 0) is 0 Å². The summed E-state index contributed by atoms with van der Waals surface area (Å²) in [6.45, 7) is 1.96. The molecule has 3 nitrogen and oxygen atoms in total. The van der Waals surface area contributed by atoms with Crippen LogP contribution in [-0.4, -0.2) is 12.1 Å². The van der Waals surface area contributed by atoms with Gasteiger partial charge >= 0.3 is 33.0 Å². The van der Waals surface area contributed by atoms with E-state index >= 15 is 0 Å². The monoisotopic (exact) mass is 284 g/mol. The Morgan fingerprint density at radius 1 is 1.18 bits per heavy atom. The Morgan fingerprint density at radius 2 is 1.65 bits per heavy atom. The van der Waals surface area contributed by atoms with Crippen LogP contribution in [-0.2, 0) is 4.74 Å². The number of halogens is 6. The summed E-state index contributed by atoms with van der Waals surface area (Å²) in [4.78, 5) is 3.94. The summed E-state index contributed by atoms with van der Waals surface area (Å²) in [5.74, 6) is 0. The zero-order chi connectivity index (χ0) is 13.8. The van der Waals surface area contributed by atoms with E-state index in [-0.39, 0.29) is 6.23 Å². The number of ether oxygens (including phenoxy) is 1. The second-order valence-corrected chi connectivity index (χ2v) is 4.91. The van der Waals surface area contributed by atoms with Crippen LogP contribution in [0.5, 0.6) is 0 Å². The fourth-order valence-electron chi connectivity index (χ4n) is 0.678. The van der Waals surface area contributed by atoms with Crippen LogP contribution in [0.3, 0.4) is 0 Å². The van der Waals surface area contributed by atoms with E-state index in [0.717, 1.165) is 0 Å². The molecule has 0 radical (unpaired) electrons. The van der Waals surface area contributed by atoms with E-state index in [4.69, 9.17) is 4.74 Å². The fourth-order valence-corrected chi connectivity index (χ4v) is 0.678. The molecule has 0 spiro atoms. The van der Waals surface area contributed by atoms with Crippen molar-refractivity contribution in [2.24, 2.45) is 0 Å². The molecule has 0 aliphatic rings. The van der Waals surface area contributed by atoms with Crippen LogP contribution in [0.25, 0.3) is 0 Å². The molecule has 0 N–H and O–H groups in total. The van der Waals surface area contributed by atoms with Gasteiger partial charge in [0.25, 0.3) is 6.33 Å². The van der Waals surface area contributed by atoms with Crippen molar-refractivity contribution in [2.45, 2.75) is 13.2 Å². The summed E-state index contributed by atoms with van der Waals surface area (Å²) in [5, 5.41) is 0. The van der Waals surface area contributed by atoms with Crippen molar-refractivity contribution in [2.75, 3.05) is 7.11 Å². The predicted molar refractivity (Wildman–Crippen MR) is 49.7 cm³/mol. The first kappa shape index (κ1) is 16.1. The summed E-state index contributed by atoms with van der Waals surface area (Å²) in [7, 11) is -8.99. The molecule has 0 saturated carbocycles. The SMILES string of the molecule is COC(C)[n+]1cccnc1.F[P-](F)(F)(F)(F)F. The van der Waals surface area contributed by atoms with E-state index in [2.05, 4.69) is 4.98 Å². The van der Waals surface area contributed by atoms with Crippen molar-refractivity contribution in [1.82, 2.24) is 4.98 Å². The normalized spacial score (nSPS) is 17.2. The Bertz CT molecular complexity index is 341. The molecule has 102 valence electrons. The second-order valence-electron chi connectivity index (χ2n) is 3.00. The van der Waals surface area contributed by atoms with Crippen molar-refractivity contribution < 1.29 is 34.5 Å². The van der Waals surface area contributed by atoms with Crippen LogP contribution in [0, 0.1) is 0 Å². The van der Waals surface area contributed by atoms with Crippen molar-refractivity contribution in [3.05, 3.63) is 24.8 Å². The standard InChI is InChI=1S/C7H11N2O.F6P/c1-7(10-2)9-5-3-4-8-6-9;1-7(2,3,4,5)6/h3-7H,1-2H3;/q+1;-1.